The van der Waals surface area contributed by atoms with Gasteiger partial charge in [0.2, 0.25) is 5.91 Å². The van der Waals surface area contributed by atoms with Crippen LogP contribution in [0.25, 0.3) is 0 Å². The molecule has 0 spiro atoms. The molecule has 1 aliphatic rings. The highest BCUT2D eigenvalue weighted by Gasteiger charge is 2.16. The van der Waals surface area contributed by atoms with Crippen LogP contribution < -0.4 is 5.32 Å². The number of hydrogen-bond acceptors (Lipinski definition) is 6. The van der Waals surface area contributed by atoms with Gasteiger partial charge in [0.1, 0.15) is 11.9 Å². The van der Waals surface area contributed by atoms with Crippen molar-refractivity contribution in [3.63, 3.8) is 0 Å². The third-order valence-corrected chi connectivity index (χ3v) is 3.68. The maximum Gasteiger partial charge on any atom is 0.309 e. The highest BCUT2D eigenvalue weighted by molar-refractivity contribution is 5.75. The van der Waals surface area contributed by atoms with Crippen molar-refractivity contribution in [2.24, 2.45) is 0 Å². The summed E-state index contributed by atoms with van der Waals surface area (Å²) in [7, 11) is 0. The van der Waals surface area contributed by atoms with Crippen LogP contribution in [0.1, 0.15) is 12.1 Å². The lowest BCUT2D eigenvalue weighted by atomic mass is 10.3. The number of amides is 1. The van der Waals surface area contributed by atoms with Gasteiger partial charge in [0.15, 0.2) is 0 Å². The van der Waals surface area contributed by atoms with E-state index in [4.69, 9.17) is 4.74 Å². The Morgan fingerprint density at radius 2 is 2.18 bits per heavy atom. The van der Waals surface area contributed by atoms with E-state index in [9.17, 15) is 14.9 Å². The molecule has 0 bridgehead atoms. The lowest BCUT2D eigenvalue weighted by Crippen LogP contribution is -2.41. The summed E-state index contributed by atoms with van der Waals surface area (Å²) in [5.74, 6) is -0.0780. The fourth-order valence-electron chi connectivity index (χ4n) is 2.32. The SMILES string of the molecule is Cc1c([N+](=O)[O-])cnn1CCC(=O)NCCN1CCOCC1. The zero-order valence-corrected chi connectivity index (χ0v) is 12.7. The minimum Gasteiger partial charge on any atom is -0.379 e. The summed E-state index contributed by atoms with van der Waals surface area (Å²) in [4.78, 5) is 24.3. The average Bonchev–Trinajstić information content (AvgIpc) is 2.87. The number of hydrogen-bond donors (Lipinski definition) is 1. The minimum absolute atomic E-state index is 0.0206. The van der Waals surface area contributed by atoms with E-state index in [0.29, 0.717) is 18.8 Å². The van der Waals surface area contributed by atoms with Crippen LogP contribution in [-0.2, 0) is 16.1 Å². The van der Waals surface area contributed by atoms with Crippen molar-refractivity contribution in [3.05, 3.63) is 22.0 Å². The van der Waals surface area contributed by atoms with E-state index in [1.807, 2.05) is 0 Å². The predicted molar refractivity (Wildman–Crippen MR) is 78.5 cm³/mol. The normalized spacial score (nSPS) is 15.7. The van der Waals surface area contributed by atoms with Crippen molar-refractivity contribution in [2.45, 2.75) is 19.9 Å². The quantitative estimate of drug-likeness (QED) is 0.559. The van der Waals surface area contributed by atoms with Gasteiger partial charge in [-0.2, -0.15) is 5.10 Å². The molecule has 9 nitrogen and oxygen atoms in total. The lowest BCUT2D eigenvalue weighted by Gasteiger charge is -2.26. The summed E-state index contributed by atoms with van der Waals surface area (Å²) in [5.41, 5.74) is 0.443. The van der Waals surface area contributed by atoms with Crippen LogP contribution in [0, 0.1) is 17.0 Å². The molecule has 0 saturated carbocycles. The maximum atomic E-state index is 11.8. The highest BCUT2D eigenvalue weighted by atomic mass is 16.6. The molecule has 1 saturated heterocycles. The van der Waals surface area contributed by atoms with Crippen LogP contribution in [0.4, 0.5) is 5.69 Å². The van der Waals surface area contributed by atoms with Crippen LogP contribution in [0.15, 0.2) is 6.20 Å². The van der Waals surface area contributed by atoms with E-state index >= 15 is 0 Å². The van der Waals surface area contributed by atoms with Crippen molar-refractivity contribution in [3.8, 4) is 0 Å². The van der Waals surface area contributed by atoms with Gasteiger partial charge in [-0.1, -0.05) is 0 Å². The molecule has 1 amide bonds. The van der Waals surface area contributed by atoms with Gasteiger partial charge >= 0.3 is 5.69 Å². The molecule has 1 aromatic heterocycles. The largest absolute Gasteiger partial charge is 0.379 e. The molecule has 122 valence electrons. The first-order valence-electron chi connectivity index (χ1n) is 7.31. The number of nitro groups is 1. The number of nitrogens with zero attached hydrogens (tertiary/aromatic N) is 4. The monoisotopic (exact) mass is 311 g/mol. The van der Waals surface area contributed by atoms with Crippen molar-refractivity contribution in [1.29, 1.82) is 0 Å². The van der Waals surface area contributed by atoms with Gasteiger partial charge < -0.3 is 10.1 Å². The summed E-state index contributed by atoms with van der Waals surface area (Å²) in [6.45, 7) is 6.64. The third-order valence-electron chi connectivity index (χ3n) is 3.68. The molecule has 1 fully saturated rings. The van der Waals surface area contributed by atoms with Gasteiger partial charge in [0.05, 0.1) is 24.7 Å². The molecular formula is C13H21N5O4. The van der Waals surface area contributed by atoms with Gasteiger partial charge in [-0.25, -0.2) is 0 Å². The van der Waals surface area contributed by atoms with Gasteiger partial charge in [0.25, 0.3) is 0 Å². The summed E-state index contributed by atoms with van der Waals surface area (Å²) >= 11 is 0. The minimum atomic E-state index is -0.471. The smallest absolute Gasteiger partial charge is 0.309 e. The Morgan fingerprint density at radius 3 is 2.82 bits per heavy atom. The van der Waals surface area contributed by atoms with E-state index in [1.165, 1.54) is 10.9 Å². The lowest BCUT2D eigenvalue weighted by molar-refractivity contribution is -0.385. The molecule has 22 heavy (non-hydrogen) atoms. The molecule has 1 aliphatic heterocycles. The number of aryl methyl sites for hydroxylation is 1. The van der Waals surface area contributed by atoms with Gasteiger partial charge in [-0.05, 0) is 6.92 Å². The zero-order chi connectivity index (χ0) is 15.9. The average molecular weight is 311 g/mol. The first-order chi connectivity index (χ1) is 10.6. The Balaban J connectivity index is 1.68. The molecule has 1 aromatic rings. The fourth-order valence-corrected chi connectivity index (χ4v) is 2.32. The van der Waals surface area contributed by atoms with Crippen LogP contribution in [-0.4, -0.2) is 64.9 Å². The number of nitrogens with one attached hydrogen (secondary N) is 1. The number of rotatable bonds is 7. The third kappa shape index (κ3) is 4.50. The van der Waals surface area contributed by atoms with E-state index < -0.39 is 4.92 Å². The van der Waals surface area contributed by atoms with E-state index in [0.717, 1.165) is 32.8 Å². The van der Waals surface area contributed by atoms with Crippen molar-refractivity contribution in [2.75, 3.05) is 39.4 Å². The summed E-state index contributed by atoms with van der Waals surface area (Å²) in [6, 6.07) is 0. The summed E-state index contributed by atoms with van der Waals surface area (Å²) in [5, 5.41) is 17.5. The second-order valence-corrected chi connectivity index (χ2v) is 5.15. The molecule has 1 N–H and O–H groups in total. The Kier molecular flexibility index (Phi) is 5.84. The zero-order valence-electron chi connectivity index (χ0n) is 12.7. The Labute approximate surface area is 128 Å². The molecule has 0 radical (unpaired) electrons. The Hall–Kier alpha value is -2.00. The van der Waals surface area contributed by atoms with Gasteiger partial charge in [-0.15, -0.1) is 0 Å². The number of morpholine rings is 1. The second-order valence-electron chi connectivity index (χ2n) is 5.15. The van der Waals surface area contributed by atoms with Crippen LogP contribution in [0.5, 0.6) is 0 Å². The van der Waals surface area contributed by atoms with E-state index in [2.05, 4.69) is 15.3 Å². The van der Waals surface area contributed by atoms with Gasteiger partial charge in [0, 0.05) is 32.6 Å². The van der Waals surface area contributed by atoms with Crippen LogP contribution >= 0.6 is 0 Å². The number of carbonyl (C=O) groups is 1. The first kappa shape index (κ1) is 16.4. The Bertz CT molecular complexity index is 525. The number of aromatic nitrogens is 2. The summed E-state index contributed by atoms with van der Waals surface area (Å²) < 4.78 is 6.74. The first-order valence-corrected chi connectivity index (χ1v) is 7.31. The molecule has 0 unspecified atom stereocenters. The Morgan fingerprint density at radius 1 is 1.45 bits per heavy atom. The molecular weight excluding hydrogens is 290 g/mol. The van der Waals surface area contributed by atoms with Crippen LogP contribution in [0.3, 0.4) is 0 Å². The number of ether oxygens (including phenoxy) is 1. The number of carbonyl (C=O) groups excluding carboxylic acids is 1. The van der Waals surface area contributed by atoms with Crippen molar-refractivity contribution >= 4 is 11.6 Å². The molecule has 9 heteroatoms. The molecule has 0 aromatic carbocycles. The highest BCUT2D eigenvalue weighted by Crippen LogP contribution is 2.16. The van der Waals surface area contributed by atoms with E-state index in [1.54, 1.807) is 6.92 Å². The van der Waals surface area contributed by atoms with Crippen LogP contribution in [0.2, 0.25) is 0 Å². The summed E-state index contributed by atoms with van der Waals surface area (Å²) in [6.07, 6.45) is 1.47. The predicted octanol–water partition coefficient (Wildman–Crippen LogP) is -0.0618. The molecule has 0 atom stereocenters. The standard InChI is InChI=1S/C13H21N5O4/c1-11-12(18(20)21)10-15-17(11)4-2-13(19)14-3-5-16-6-8-22-9-7-16/h10H,2-9H2,1H3,(H,14,19). The fraction of sp³-hybridized carbons (Fsp3) is 0.692. The molecule has 2 rings (SSSR count). The topological polar surface area (TPSA) is 103 Å². The van der Waals surface area contributed by atoms with Crippen molar-refractivity contribution < 1.29 is 14.5 Å². The maximum absolute atomic E-state index is 11.8. The molecule has 2 heterocycles. The van der Waals surface area contributed by atoms with E-state index in [-0.39, 0.29) is 18.0 Å². The second kappa shape index (κ2) is 7.85. The van der Waals surface area contributed by atoms with Gasteiger partial charge in [-0.3, -0.25) is 24.5 Å². The van der Waals surface area contributed by atoms with Crippen molar-refractivity contribution in [1.82, 2.24) is 20.0 Å². The molecule has 0 aliphatic carbocycles.